The second-order valence-electron chi connectivity index (χ2n) is 4.99. The Morgan fingerprint density at radius 3 is 2.69 bits per heavy atom. The van der Waals surface area contributed by atoms with E-state index in [4.69, 9.17) is 5.11 Å². The summed E-state index contributed by atoms with van der Waals surface area (Å²) < 4.78 is 0. The molecule has 1 fully saturated rings. The molecular formula is C12H22O. The third kappa shape index (κ3) is 2.57. The van der Waals surface area contributed by atoms with Gasteiger partial charge in [0.1, 0.15) is 0 Å². The van der Waals surface area contributed by atoms with Crippen molar-refractivity contribution in [3.05, 3.63) is 12.2 Å². The van der Waals surface area contributed by atoms with E-state index < -0.39 is 0 Å². The van der Waals surface area contributed by atoms with E-state index in [1.165, 1.54) is 19.3 Å². The topological polar surface area (TPSA) is 20.2 Å². The first-order valence-electron chi connectivity index (χ1n) is 5.35. The smallest absolute Gasteiger partial charge is 0.0612 e. The fraction of sp³-hybridized carbons (Fsp3) is 0.833. The minimum atomic E-state index is 0.180. The molecule has 1 N–H and O–H groups in total. The molecule has 1 heteroatoms. The number of aliphatic hydroxyl groups excluding tert-OH is 1. The third-order valence-corrected chi connectivity index (χ3v) is 3.44. The molecule has 0 aliphatic heterocycles. The molecule has 0 spiro atoms. The molecule has 2 unspecified atom stereocenters. The highest BCUT2D eigenvalue weighted by atomic mass is 16.2. The first kappa shape index (κ1) is 10.8. The first-order valence-corrected chi connectivity index (χ1v) is 5.35. The van der Waals surface area contributed by atoms with Gasteiger partial charge in [-0.3, -0.25) is 0 Å². The van der Waals surface area contributed by atoms with Gasteiger partial charge in [0.25, 0.3) is 0 Å². The van der Waals surface area contributed by atoms with Crippen LogP contribution in [0.3, 0.4) is 0 Å². The van der Waals surface area contributed by atoms with Crippen LogP contribution in [0.1, 0.15) is 40.0 Å². The van der Waals surface area contributed by atoms with Crippen LogP contribution in [0.15, 0.2) is 12.2 Å². The highest BCUT2D eigenvalue weighted by Crippen LogP contribution is 2.44. The maximum atomic E-state index is 8.77. The fourth-order valence-electron chi connectivity index (χ4n) is 2.65. The molecule has 1 aliphatic rings. The average molecular weight is 182 g/mol. The van der Waals surface area contributed by atoms with Crippen molar-refractivity contribution in [3.8, 4) is 0 Å². The van der Waals surface area contributed by atoms with E-state index >= 15 is 0 Å². The summed E-state index contributed by atoms with van der Waals surface area (Å²) in [5.74, 6) is 1.42. The van der Waals surface area contributed by atoms with Crippen LogP contribution in [0.5, 0.6) is 0 Å². The van der Waals surface area contributed by atoms with Gasteiger partial charge >= 0.3 is 0 Å². The molecule has 1 saturated carbocycles. The lowest BCUT2D eigenvalue weighted by Gasteiger charge is -2.41. The molecule has 0 aromatic heterocycles. The molecule has 0 aromatic rings. The van der Waals surface area contributed by atoms with Gasteiger partial charge < -0.3 is 5.11 Å². The van der Waals surface area contributed by atoms with Crippen LogP contribution < -0.4 is 0 Å². The second-order valence-corrected chi connectivity index (χ2v) is 4.99. The number of hydrogen-bond donors (Lipinski definition) is 1. The molecule has 1 rings (SSSR count). The Morgan fingerprint density at radius 2 is 2.15 bits per heavy atom. The minimum absolute atomic E-state index is 0.180. The van der Waals surface area contributed by atoms with Gasteiger partial charge in [0.15, 0.2) is 0 Å². The number of rotatable bonds is 2. The van der Waals surface area contributed by atoms with E-state index in [1.54, 1.807) is 0 Å². The van der Waals surface area contributed by atoms with Gasteiger partial charge in [-0.25, -0.2) is 0 Å². The Balaban J connectivity index is 2.68. The Morgan fingerprint density at radius 1 is 1.46 bits per heavy atom. The lowest BCUT2D eigenvalue weighted by atomic mass is 9.64. The van der Waals surface area contributed by atoms with E-state index in [2.05, 4.69) is 26.8 Å². The summed E-state index contributed by atoms with van der Waals surface area (Å²) in [4.78, 5) is 0. The number of aliphatic hydroxyl groups is 1. The molecule has 0 amide bonds. The summed E-state index contributed by atoms with van der Waals surface area (Å²) in [5, 5.41) is 8.77. The molecule has 76 valence electrons. The Kier molecular flexibility index (Phi) is 3.55. The Labute approximate surface area is 81.9 Å². The molecule has 0 heterocycles. The van der Waals surface area contributed by atoms with Gasteiger partial charge in [-0.1, -0.05) is 45.8 Å². The Hall–Kier alpha value is -0.300. The van der Waals surface area contributed by atoms with Gasteiger partial charge in [0, 0.05) is 0 Å². The van der Waals surface area contributed by atoms with Crippen molar-refractivity contribution in [2.75, 3.05) is 6.61 Å². The van der Waals surface area contributed by atoms with Gasteiger partial charge in [-0.2, -0.15) is 0 Å². The van der Waals surface area contributed by atoms with E-state index in [1.807, 2.05) is 6.08 Å². The summed E-state index contributed by atoms with van der Waals surface area (Å²) >= 11 is 0. The lowest BCUT2D eigenvalue weighted by Crippen LogP contribution is -2.32. The van der Waals surface area contributed by atoms with Gasteiger partial charge in [-0.15, -0.1) is 0 Å². The normalized spacial score (nSPS) is 33.8. The predicted octanol–water partition coefficient (Wildman–Crippen LogP) is 3.00. The predicted molar refractivity (Wildman–Crippen MR) is 56.5 cm³/mol. The van der Waals surface area contributed by atoms with Crippen molar-refractivity contribution in [3.63, 3.8) is 0 Å². The summed E-state index contributed by atoms with van der Waals surface area (Å²) in [6.07, 6.45) is 8.12. The maximum absolute atomic E-state index is 8.77. The molecular weight excluding hydrogens is 160 g/mol. The zero-order chi connectivity index (χ0) is 9.90. The van der Waals surface area contributed by atoms with Gasteiger partial charge in [0.2, 0.25) is 0 Å². The van der Waals surface area contributed by atoms with Crippen LogP contribution in [0.2, 0.25) is 0 Å². The molecule has 0 bridgehead atoms. The fourth-order valence-corrected chi connectivity index (χ4v) is 2.65. The first-order chi connectivity index (χ1) is 6.08. The third-order valence-electron chi connectivity index (χ3n) is 3.44. The van der Waals surface area contributed by atoms with Crippen molar-refractivity contribution < 1.29 is 5.11 Å². The highest BCUT2D eigenvalue weighted by Gasteiger charge is 2.34. The molecule has 2 atom stereocenters. The summed E-state index contributed by atoms with van der Waals surface area (Å²) in [6.45, 7) is 7.19. The molecule has 1 nitrogen and oxygen atoms in total. The van der Waals surface area contributed by atoms with E-state index in [9.17, 15) is 0 Å². The van der Waals surface area contributed by atoms with Crippen LogP contribution in [0, 0.1) is 17.3 Å². The SMILES string of the molecule is CC1CCCC(C)(C)C1C=CCO. The summed E-state index contributed by atoms with van der Waals surface area (Å²) in [6, 6.07) is 0. The van der Waals surface area contributed by atoms with Crippen LogP contribution >= 0.6 is 0 Å². The molecule has 0 radical (unpaired) electrons. The molecule has 1 aliphatic carbocycles. The van der Waals surface area contributed by atoms with Crippen molar-refractivity contribution in [2.24, 2.45) is 17.3 Å². The largest absolute Gasteiger partial charge is 0.392 e. The zero-order valence-electron chi connectivity index (χ0n) is 9.09. The van der Waals surface area contributed by atoms with E-state index in [-0.39, 0.29) is 6.61 Å². The molecule has 13 heavy (non-hydrogen) atoms. The van der Waals surface area contributed by atoms with Gasteiger partial charge in [0.05, 0.1) is 6.61 Å². The van der Waals surface area contributed by atoms with Crippen LogP contribution in [-0.4, -0.2) is 11.7 Å². The lowest BCUT2D eigenvalue weighted by molar-refractivity contribution is 0.122. The van der Waals surface area contributed by atoms with Crippen molar-refractivity contribution >= 4 is 0 Å². The van der Waals surface area contributed by atoms with Crippen LogP contribution in [0.25, 0.3) is 0 Å². The number of hydrogen-bond acceptors (Lipinski definition) is 1. The van der Waals surface area contributed by atoms with Crippen molar-refractivity contribution in [1.82, 2.24) is 0 Å². The highest BCUT2D eigenvalue weighted by molar-refractivity contribution is 4.99. The standard InChI is InChI=1S/C12H22O/c1-10-6-4-8-12(2,3)11(10)7-5-9-13/h5,7,10-11,13H,4,6,8-9H2,1-3H3. The second kappa shape index (κ2) is 4.28. The summed E-state index contributed by atoms with van der Waals surface area (Å²) in [7, 11) is 0. The average Bonchev–Trinajstić information content (AvgIpc) is 2.02. The van der Waals surface area contributed by atoms with Crippen LogP contribution in [-0.2, 0) is 0 Å². The quantitative estimate of drug-likeness (QED) is 0.651. The minimum Gasteiger partial charge on any atom is -0.392 e. The summed E-state index contributed by atoms with van der Waals surface area (Å²) in [5.41, 5.74) is 0.420. The zero-order valence-corrected chi connectivity index (χ0v) is 9.09. The molecule has 0 aromatic carbocycles. The van der Waals surface area contributed by atoms with Crippen molar-refractivity contribution in [2.45, 2.75) is 40.0 Å². The maximum Gasteiger partial charge on any atom is 0.0612 e. The molecule has 0 saturated heterocycles. The van der Waals surface area contributed by atoms with Crippen molar-refractivity contribution in [1.29, 1.82) is 0 Å². The van der Waals surface area contributed by atoms with Gasteiger partial charge in [-0.05, 0) is 23.7 Å². The monoisotopic (exact) mass is 182 g/mol. The van der Waals surface area contributed by atoms with E-state index in [0.717, 1.165) is 5.92 Å². The Bertz CT molecular complexity index is 182. The van der Waals surface area contributed by atoms with Crippen LogP contribution in [0.4, 0.5) is 0 Å². The number of allylic oxidation sites excluding steroid dienone is 1. The van der Waals surface area contributed by atoms with E-state index in [0.29, 0.717) is 11.3 Å².